The summed E-state index contributed by atoms with van der Waals surface area (Å²) in [6.45, 7) is 1.59. The minimum Gasteiger partial charge on any atom is -0.389 e. The van der Waals surface area contributed by atoms with Crippen LogP contribution in [0.2, 0.25) is 0 Å². The van der Waals surface area contributed by atoms with E-state index in [0.717, 1.165) is 5.69 Å². The Hall–Kier alpha value is -0.910. The molecule has 0 aliphatic carbocycles. The molecular weight excluding hydrogens is 182 g/mol. The van der Waals surface area contributed by atoms with Crippen LogP contribution < -0.4 is 5.32 Å². The molecule has 0 aliphatic heterocycles. The number of methoxy groups -OCH3 is 1. The van der Waals surface area contributed by atoms with Crippen molar-refractivity contribution >= 4 is 0 Å². The summed E-state index contributed by atoms with van der Waals surface area (Å²) in [5, 5.41) is 12.5. The van der Waals surface area contributed by atoms with Gasteiger partial charge in [-0.2, -0.15) is 0 Å². The number of ether oxygens (including phenoxy) is 1. The topological polar surface area (TPSA) is 59.3 Å². The molecule has 0 saturated heterocycles. The number of aliphatic hydroxyl groups is 1. The second-order valence-corrected chi connectivity index (χ2v) is 3.24. The van der Waals surface area contributed by atoms with Gasteiger partial charge >= 0.3 is 0 Å². The zero-order valence-corrected chi connectivity index (χ0v) is 8.60. The van der Waals surface area contributed by atoms with Crippen molar-refractivity contribution in [1.29, 1.82) is 0 Å². The van der Waals surface area contributed by atoms with Gasteiger partial charge in [0.1, 0.15) is 0 Å². The van der Waals surface area contributed by atoms with Crippen LogP contribution in [-0.2, 0) is 18.3 Å². The van der Waals surface area contributed by atoms with Crippen LogP contribution in [0, 0.1) is 0 Å². The Balaban J connectivity index is 2.19. The lowest BCUT2D eigenvalue weighted by molar-refractivity contribution is 0.0643. The molecule has 14 heavy (non-hydrogen) atoms. The molecule has 5 nitrogen and oxygen atoms in total. The molecule has 1 rings (SSSR count). The van der Waals surface area contributed by atoms with Crippen molar-refractivity contribution in [1.82, 2.24) is 14.9 Å². The van der Waals surface area contributed by atoms with Gasteiger partial charge in [-0.1, -0.05) is 0 Å². The van der Waals surface area contributed by atoms with Crippen molar-refractivity contribution in [2.45, 2.75) is 12.6 Å². The second kappa shape index (κ2) is 5.74. The zero-order valence-electron chi connectivity index (χ0n) is 8.60. The molecule has 0 spiro atoms. The summed E-state index contributed by atoms with van der Waals surface area (Å²) in [5.41, 5.74) is 1.09. The van der Waals surface area contributed by atoms with E-state index in [2.05, 4.69) is 10.3 Å². The molecule has 0 radical (unpaired) electrons. The summed E-state index contributed by atoms with van der Waals surface area (Å²) in [7, 11) is 3.51. The van der Waals surface area contributed by atoms with Gasteiger partial charge in [0.15, 0.2) is 0 Å². The first-order valence-electron chi connectivity index (χ1n) is 4.57. The van der Waals surface area contributed by atoms with Gasteiger partial charge < -0.3 is 19.7 Å². The maximum Gasteiger partial charge on any atom is 0.0945 e. The summed E-state index contributed by atoms with van der Waals surface area (Å²) in [6, 6.07) is 0. The predicted octanol–water partition coefficient (Wildman–Crippen LogP) is -0.483. The first-order valence-corrected chi connectivity index (χ1v) is 4.57. The van der Waals surface area contributed by atoms with Crippen molar-refractivity contribution in [2.75, 3.05) is 20.3 Å². The normalized spacial score (nSPS) is 13.1. The predicted molar refractivity (Wildman–Crippen MR) is 52.8 cm³/mol. The number of aliphatic hydroxyl groups excluding tert-OH is 1. The molecule has 0 aromatic carbocycles. The first kappa shape index (κ1) is 11.2. The van der Waals surface area contributed by atoms with E-state index in [1.807, 2.05) is 11.6 Å². The minimum atomic E-state index is -0.451. The maximum atomic E-state index is 9.34. The number of rotatable bonds is 6. The molecule has 1 aromatic rings. The van der Waals surface area contributed by atoms with Crippen molar-refractivity contribution in [2.24, 2.45) is 7.05 Å². The van der Waals surface area contributed by atoms with E-state index in [1.165, 1.54) is 0 Å². The molecule has 2 N–H and O–H groups in total. The summed E-state index contributed by atoms with van der Waals surface area (Å²) < 4.78 is 6.75. The van der Waals surface area contributed by atoms with Crippen molar-refractivity contribution < 1.29 is 9.84 Å². The highest BCUT2D eigenvalue weighted by molar-refractivity contribution is 4.96. The molecule has 0 amide bonds. The Morgan fingerprint density at radius 3 is 3.07 bits per heavy atom. The molecule has 5 heteroatoms. The molecule has 1 heterocycles. The van der Waals surface area contributed by atoms with E-state index in [4.69, 9.17) is 4.74 Å². The van der Waals surface area contributed by atoms with Gasteiger partial charge in [0.25, 0.3) is 0 Å². The molecule has 0 aliphatic rings. The second-order valence-electron chi connectivity index (χ2n) is 3.24. The average Bonchev–Trinajstić information content (AvgIpc) is 2.52. The van der Waals surface area contributed by atoms with Crippen LogP contribution in [0.5, 0.6) is 0 Å². The Bertz CT molecular complexity index is 262. The van der Waals surface area contributed by atoms with Gasteiger partial charge in [-0.25, -0.2) is 4.98 Å². The van der Waals surface area contributed by atoms with Crippen LogP contribution in [0.1, 0.15) is 5.69 Å². The largest absolute Gasteiger partial charge is 0.389 e. The monoisotopic (exact) mass is 199 g/mol. The van der Waals surface area contributed by atoms with Crippen LogP contribution in [0.3, 0.4) is 0 Å². The molecule has 0 bridgehead atoms. The average molecular weight is 199 g/mol. The van der Waals surface area contributed by atoms with Gasteiger partial charge in [0.05, 0.1) is 24.7 Å². The third-order valence-electron chi connectivity index (χ3n) is 1.96. The molecule has 0 saturated carbocycles. The number of nitrogens with one attached hydrogen (secondary N) is 1. The third kappa shape index (κ3) is 3.45. The number of aryl methyl sites for hydroxylation is 1. The van der Waals surface area contributed by atoms with Crippen molar-refractivity contribution in [3.8, 4) is 0 Å². The van der Waals surface area contributed by atoms with E-state index in [-0.39, 0.29) is 0 Å². The van der Waals surface area contributed by atoms with Gasteiger partial charge in [-0.05, 0) is 0 Å². The summed E-state index contributed by atoms with van der Waals surface area (Å²) in [4.78, 5) is 3.99. The number of aromatic nitrogens is 2. The van der Waals surface area contributed by atoms with Crippen LogP contribution in [0.25, 0.3) is 0 Å². The number of nitrogens with zero attached hydrogens (tertiary/aromatic N) is 2. The lowest BCUT2D eigenvalue weighted by Gasteiger charge is -2.10. The molecule has 1 unspecified atom stereocenters. The molecule has 0 fully saturated rings. The Kier molecular flexibility index (Phi) is 4.58. The maximum absolute atomic E-state index is 9.34. The zero-order chi connectivity index (χ0) is 10.4. The van der Waals surface area contributed by atoms with Gasteiger partial charge in [-0.15, -0.1) is 0 Å². The number of hydrogen-bond donors (Lipinski definition) is 2. The minimum absolute atomic E-state index is 0.360. The summed E-state index contributed by atoms with van der Waals surface area (Å²) >= 11 is 0. The van der Waals surface area contributed by atoms with Gasteiger partial charge in [-0.3, -0.25) is 0 Å². The highest BCUT2D eigenvalue weighted by atomic mass is 16.5. The van der Waals surface area contributed by atoms with E-state index in [0.29, 0.717) is 19.7 Å². The summed E-state index contributed by atoms with van der Waals surface area (Å²) in [6.07, 6.45) is 3.10. The summed E-state index contributed by atoms with van der Waals surface area (Å²) in [5.74, 6) is 0. The number of hydrogen-bond acceptors (Lipinski definition) is 4. The van der Waals surface area contributed by atoms with E-state index in [9.17, 15) is 5.11 Å². The Labute approximate surface area is 83.7 Å². The van der Waals surface area contributed by atoms with Gasteiger partial charge in [0.2, 0.25) is 0 Å². The molecule has 1 atom stereocenters. The standard InChI is InChI=1S/C9H17N3O2/c1-12-7-11-4-8(12)3-10-5-9(13)6-14-2/h4,7,9-10,13H,3,5-6H2,1-2H3. The van der Waals surface area contributed by atoms with E-state index >= 15 is 0 Å². The fraction of sp³-hybridized carbons (Fsp3) is 0.667. The van der Waals surface area contributed by atoms with E-state index in [1.54, 1.807) is 19.6 Å². The first-order chi connectivity index (χ1) is 6.74. The number of imidazole rings is 1. The lowest BCUT2D eigenvalue weighted by atomic mass is 10.3. The quantitative estimate of drug-likeness (QED) is 0.649. The fourth-order valence-corrected chi connectivity index (χ4v) is 1.17. The molecule has 80 valence electrons. The molecular formula is C9H17N3O2. The van der Waals surface area contributed by atoms with Crippen molar-refractivity contribution in [3.63, 3.8) is 0 Å². The van der Waals surface area contributed by atoms with Crippen molar-refractivity contribution in [3.05, 3.63) is 18.2 Å². The highest BCUT2D eigenvalue weighted by Crippen LogP contribution is 1.94. The van der Waals surface area contributed by atoms with Crippen LogP contribution in [-0.4, -0.2) is 41.0 Å². The third-order valence-corrected chi connectivity index (χ3v) is 1.96. The smallest absolute Gasteiger partial charge is 0.0945 e. The Morgan fingerprint density at radius 2 is 2.50 bits per heavy atom. The van der Waals surface area contributed by atoms with Crippen LogP contribution >= 0.6 is 0 Å². The van der Waals surface area contributed by atoms with Crippen LogP contribution in [0.4, 0.5) is 0 Å². The fourth-order valence-electron chi connectivity index (χ4n) is 1.17. The SMILES string of the molecule is COCC(O)CNCc1cncn1C. The Morgan fingerprint density at radius 1 is 1.71 bits per heavy atom. The lowest BCUT2D eigenvalue weighted by Crippen LogP contribution is -2.30. The highest BCUT2D eigenvalue weighted by Gasteiger charge is 2.03. The van der Waals surface area contributed by atoms with Crippen LogP contribution in [0.15, 0.2) is 12.5 Å². The van der Waals surface area contributed by atoms with E-state index < -0.39 is 6.10 Å². The molecule has 1 aromatic heterocycles. The van der Waals surface area contributed by atoms with Gasteiger partial charge in [0, 0.05) is 33.4 Å².